The van der Waals surface area contributed by atoms with Gasteiger partial charge in [-0.3, -0.25) is 4.90 Å². The van der Waals surface area contributed by atoms with Crippen molar-refractivity contribution < 1.29 is 14.6 Å². The van der Waals surface area contributed by atoms with E-state index >= 15 is 0 Å². The molecule has 2 heterocycles. The van der Waals surface area contributed by atoms with Crippen LogP contribution in [0.2, 0.25) is 0 Å². The van der Waals surface area contributed by atoms with E-state index in [4.69, 9.17) is 9.84 Å². The Labute approximate surface area is 109 Å². The molecule has 1 N–H and O–H groups in total. The highest BCUT2D eigenvalue weighted by Crippen LogP contribution is 2.24. The zero-order valence-corrected chi connectivity index (χ0v) is 11.2. The zero-order chi connectivity index (χ0) is 13.0. The lowest BCUT2D eigenvalue weighted by Gasteiger charge is -2.36. The number of likely N-dealkylation sites (tertiary alicyclic amines) is 2. The summed E-state index contributed by atoms with van der Waals surface area (Å²) in [4.78, 5) is 15.9. The number of carbonyl (C=O) groups excluding carboxylic acids is 1. The van der Waals surface area contributed by atoms with Gasteiger partial charge in [-0.05, 0) is 38.6 Å². The highest BCUT2D eigenvalue weighted by Gasteiger charge is 2.31. The molecule has 2 rings (SSSR count). The first-order chi connectivity index (χ1) is 8.74. The predicted molar refractivity (Wildman–Crippen MR) is 68.4 cm³/mol. The first-order valence-corrected chi connectivity index (χ1v) is 7.01. The number of amides is 1. The minimum atomic E-state index is -0.175. The summed E-state index contributed by atoms with van der Waals surface area (Å²) in [5.41, 5.74) is 0. The summed E-state index contributed by atoms with van der Waals surface area (Å²) in [5.74, 6) is 0.452. The van der Waals surface area contributed by atoms with Gasteiger partial charge in [0.15, 0.2) is 0 Å². The fraction of sp³-hybridized carbons (Fsp3) is 0.923. The Bertz CT molecular complexity index is 277. The highest BCUT2D eigenvalue weighted by atomic mass is 16.6. The maximum Gasteiger partial charge on any atom is 0.409 e. The third kappa shape index (κ3) is 3.14. The van der Waals surface area contributed by atoms with Crippen molar-refractivity contribution in [1.82, 2.24) is 9.80 Å². The number of piperidine rings is 1. The largest absolute Gasteiger partial charge is 0.450 e. The molecule has 0 aliphatic carbocycles. The molecule has 2 fully saturated rings. The van der Waals surface area contributed by atoms with Crippen LogP contribution >= 0.6 is 0 Å². The molecule has 5 heteroatoms. The maximum atomic E-state index is 11.6. The van der Waals surface area contributed by atoms with Crippen LogP contribution in [0.1, 0.15) is 26.2 Å². The molecule has 2 saturated heterocycles. The molecule has 18 heavy (non-hydrogen) atoms. The second kappa shape index (κ2) is 6.38. The lowest BCUT2D eigenvalue weighted by Crippen LogP contribution is -2.46. The first kappa shape index (κ1) is 13.6. The fourth-order valence-corrected chi connectivity index (χ4v) is 2.97. The zero-order valence-electron chi connectivity index (χ0n) is 11.2. The van der Waals surface area contributed by atoms with Gasteiger partial charge in [-0.2, -0.15) is 0 Å². The van der Waals surface area contributed by atoms with Crippen LogP contribution in [-0.4, -0.2) is 66.4 Å². The van der Waals surface area contributed by atoms with Gasteiger partial charge in [0.05, 0.1) is 6.61 Å². The van der Waals surface area contributed by atoms with E-state index in [0.29, 0.717) is 25.2 Å². The second-order valence-electron chi connectivity index (χ2n) is 5.25. The summed E-state index contributed by atoms with van der Waals surface area (Å²) in [7, 11) is 0. The van der Waals surface area contributed by atoms with Gasteiger partial charge >= 0.3 is 6.09 Å². The Morgan fingerprint density at radius 1 is 1.28 bits per heavy atom. The second-order valence-corrected chi connectivity index (χ2v) is 5.25. The van der Waals surface area contributed by atoms with Crippen LogP contribution in [0, 0.1) is 5.92 Å². The SMILES string of the molecule is CCOC(=O)N1CCC(N2CCC(CO)C2)CC1. The first-order valence-electron chi connectivity index (χ1n) is 7.01. The van der Waals surface area contributed by atoms with E-state index in [9.17, 15) is 4.79 Å². The molecule has 0 bridgehead atoms. The topological polar surface area (TPSA) is 53.0 Å². The van der Waals surface area contributed by atoms with Crippen molar-refractivity contribution in [3.8, 4) is 0 Å². The summed E-state index contributed by atoms with van der Waals surface area (Å²) in [6, 6.07) is 0.576. The monoisotopic (exact) mass is 256 g/mol. The lowest BCUT2D eigenvalue weighted by molar-refractivity contribution is 0.0788. The van der Waals surface area contributed by atoms with Gasteiger partial charge in [0.1, 0.15) is 0 Å². The van der Waals surface area contributed by atoms with E-state index in [0.717, 1.165) is 45.4 Å². The van der Waals surface area contributed by atoms with Gasteiger partial charge in [0.2, 0.25) is 0 Å². The van der Waals surface area contributed by atoms with E-state index in [2.05, 4.69) is 4.90 Å². The number of aliphatic hydroxyl groups is 1. The van der Waals surface area contributed by atoms with Crippen LogP contribution in [0.3, 0.4) is 0 Å². The lowest BCUT2D eigenvalue weighted by atomic mass is 10.0. The van der Waals surface area contributed by atoms with Crippen LogP contribution in [0.4, 0.5) is 4.79 Å². The molecular formula is C13H24N2O3. The molecule has 0 radical (unpaired) electrons. The molecule has 0 spiro atoms. The van der Waals surface area contributed by atoms with E-state index in [1.165, 1.54) is 0 Å². The molecule has 5 nitrogen and oxygen atoms in total. The molecule has 0 aromatic heterocycles. The number of rotatable bonds is 3. The van der Waals surface area contributed by atoms with Gasteiger partial charge in [0.25, 0.3) is 0 Å². The van der Waals surface area contributed by atoms with Crippen molar-refractivity contribution in [2.45, 2.75) is 32.2 Å². The van der Waals surface area contributed by atoms with Crippen molar-refractivity contribution in [3.63, 3.8) is 0 Å². The number of hydrogen-bond donors (Lipinski definition) is 1. The van der Waals surface area contributed by atoms with E-state index in [-0.39, 0.29) is 6.09 Å². The van der Waals surface area contributed by atoms with Crippen molar-refractivity contribution in [2.75, 3.05) is 39.4 Å². The minimum absolute atomic E-state index is 0.175. The van der Waals surface area contributed by atoms with E-state index in [1.54, 1.807) is 4.90 Å². The van der Waals surface area contributed by atoms with Crippen LogP contribution in [0.15, 0.2) is 0 Å². The van der Waals surface area contributed by atoms with Gasteiger partial charge < -0.3 is 14.7 Å². The molecule has 0 aromatic rings. The number of ether oxygens (including phenoxy) is 1. The van der Waals surface area contributed by atoms with E-state index in [1.807, 2.05) is 6.92 Å². The Morgan fingerprint density at radius 2 is 2.00 bits per heavy atom. The van der Waals surface area contributed by atoms with Gasteiger partial charge in [0, 0.05) is 32.3 Å². The number of aliphatic hydroxyl groups excluding tert-OH is 1. The fourth-order valence-electron chi connectivity index (χ4n) is 2.97. The maximum absolute atomic E-state index is 11.6. The third-order valence-electron chi connectivity index (χ3n) is 4.08. The summed E-state index contributed by atoms with van der Waals surface area (Å²) in [6.45, 7) is 6.29. The van der Waals surface area contributed by atoms with Crippen LogP contribution in [0.5, 0.6) is 0 Å². The average Bonchev–Trinajstić information content (AvgIpc) is 2.88. The van der Waals surface area contributed by atoms with Gasteiger partial charge in [-0.15, -0.1) is 0 Å². The molecule has 1 amide bonds. The normalized spacial score (nSPS) is 26.6. The summed E-state index contributed by atoms with van der Waals surface area (Å²) in [5, 5.41) is 9.16. The smallest absolute Gasteiger partial charge is 0.409 e. The van der Waals surface area contributed by atoms with Crippen molar-refractivity contribution in [3.05, 3.63) is 0 Å². The van der Waals surface area contributed by atoms with Crippen LogP contribution in [0.25, 0.3) is 0 Å². The Hall–Kier alpha value is -0.810. The molecule has 2 aliphatic rings. The van der Waals surface area contributed by atoms with Crippen molar-refractivity contribution >= 4 is 6.09 Å². The number of hydrogen-bond acceptors (Lipinski definition) is 4. The van der Waals surface area contributed by atoms with Crippen LogP contribution in [-0.2, 0) is 4.74 Å². The van der Waals surface area contributed by atoms with Crippen LogP contribution < -0.4 is 0 Å². The predicted octanol–water partition coefficient (Wildman–Crippen LogP) is 0.921. The quantitative estimate of drug-likeness (QED) is 0.816. The van der Waals surface area contributed by atoms with Crippen molar-refractivity contribution in [2.24, 2.45) is 5.92 Å². The molecule has 104 valence electrons. The molecule has 0 saturated carbocycles. The molecule has 1 unspecified atom stereocenters. The molecule has 2 aliphatic heterocycles. The van der Waals surface area contributed by atoms with E-state index < -0.39 is 0 Å². The summed E-state index contributed by atoms with van der Waals surface area (Å²) < 4.78 is 5.02. The molecule has 0 aromatic carbocycles. The Morgan fingerprint density at radius 3 is 2.56 bits per heavy atom. The standard InChI is InChI=1S/C13H24N2O3/c1-2-18-13(17)14-7-4-12(5-8-14)15-6-3-11(9-15)10-16/h11-12,16H,2-10H2,1H3. The average molecular weight is 256 g/mol. The Kier molecular flexibility index (Phi) is 4.83. The van der Waals surface area contributed by atoms with Gasteiger partial charge in [-0.1, -0.05) is 0 Å². The minimum Gasteiger partial charge on any atom is -0.450 e. The molecular weight excluding hydrogens is 232 g/mol. The molecule has 1 atom stereocenters. The number of carbonyl (C=O) groups is 1. The number of nitrogens with zero attached hydrogens (tertiary/aromatic N) is 2. The summed E-state index contributed by atoms with van der Waals surface area (Å²) >= 11 is 0. The Balaban J connectivity index is 1.75. The van der Waals surface area contributed by atoms with Crippen molar-refractivity contribution in [1.29, 1.82) is 0 Å². The highest BCUT2D eigenvalue weighted by molar-refractivity contribution is 5.67. The van der Waals surface area contributed by atoms with Gasteiger partial charge in [-0.25, -0.2) is 4.79 Å². The third-order valence-corrected chi connectivity index (χ3v) is 4.08. The summed E-state index contributed by atoms with van der Waals surface area (Å²) in [6.07, 6.45) is 2.98.